The van der Waals surface area contributed by atoms with Gasteiger partial charge >= 0.3 is 0 Å². The van der Waals surface area contributed by atoms with Crippen molar-refractivity contribution in [2.75, 3.05) is 0 Å². The molecule has 0 amide bonds. The number of pyridine rings is 1. The summed E-state index contributed by atoms with van der Waals surface area (Å²) in [5.74, 6) is 0. The van der Waals surface area contributed by atoms with Crippen molar-refractivity contribution in [3.8, 4) is 0 Å². The van der Waals surface area contributed by atoms with E-state index in [2.05, 4.69) is 6.07 Å². The number of nitrogens with zero attached hydrogens (tertiary/aromatic N) is 1. The van der Waals surface area contributed by atoms with Crippen LogP contribution in [0.3, 0.4) is 0 Å². The number of hydrogen-bond acceptors (Lipinski definition) is 1. The van der Waals surface area contributed by atoms with Gasteiger partial charge in [-0.3, -0.25) is 0 Å². The van der Waals surface area contributed by atoms with E-state index >= 15 is 0 Å². The summed E-state index contributed by atoms with van der Waals surface area (Å²) in [7, 11) is 0. The lowest BCUT2D eigenvalue weighted by atomic mass is 10.2. The average molecular weight is 144 g/mol. The van der Waals surface area contributed by atoms with Crippen LogP contribution in [0, 0.1) is 11.3 Å². The first-order chi connectivity index (χ1) is 5.36. The van der Waals surface area contributed by atoms with E-state index in [-0.39, 0.29) is 0 Å². The van der Waals surface area contributed by atoms with Crippen molar-refractivity contribution >= 4 is 10.8 Å². The predicted octanol–water partition coefficient (Wildman–Crippen LogP) is 1.27. The van der Waals surface area contributed by atoms with E-state index in [0.717, 1.165) is 15.5 Å². The largest absolute Gasteiger partial charge is 0.619 e. The third-order valence-corrected chi connectivity index (χ3v) is 1.57. The Hall–Kier alpha value is -1.57. The monoisotopic (exact) mass is 144 g/mol. The lowest BCUT2D eigenvalue weighted by molar-refractivity contribution is -0.604. The molecule has 0 unspecified atom stereocenters. The molecule has 53 valence electrons. The third kappa shape index (κ3) is 1.03. The van der Waals surface area contributed by atoms with Crippen LogP contribution in [0.25, 0.3) is 10.8 Å². The van der Waals surface area contributed by atoms with Gasteiger partial charge in [0.1, 0.15) is 0 Å². The van der Waals surface area contributed by atoms with Crippen LogP contribution in [-0.2, 0) is 0 Å². The molecule has 2 nitrogen and oxygen atoms in total. The molecule has 0 spiro atoms. The van der Waals surface area contributed by atoms with E-state index in [1.165, 1.54) is 12.4 Å². The maximum atomic E-state index is 10.8. The highest BCUT2D eigenvalue weighted by Gasteiger charge is 1.94. The molecule has 0 aliphatic carbocycles. The minimum atomic E-state index is 0.752. The van der Waals surface area contributed by atoms with E-state index in [1.807, 2.05) is 24.3 Å². The Morgan fingerprint density at radius 2 is 2.09 bits per heavy atom. The molecule has 0 saturated carbocycles. The summed E-state index contributed by atoms with van der Waals surface area (Å²) in [5.41, 5.74) is 0. The van der Waals surface area contributed by atoms with Gasteiger partial charge in [0, 0.05) is 10.8 Å². The van der Waals surface area contributed by atoms with Crippen LogP contribution in [-0.4, -0.2) is 0 Å². The highest BCUT2D eigenvalue weighted by molar-refractivity contribution is 5.79. The van der Waals surface area contributed by atoms with Crippen molar-refractivity contribution in [2.45, 2.75) is 0 Å². The fourth-order valence-electron chi connectivity index (χ4n) is 1.05. The zero-order valence-corrected chi connectivity index (χ0v) is 5.82. The number of fused-ring (bicyclic) bond motifs is 1. The minimum absolute atomic E-state index is 0.752. The molecule has 11 heavy (non-hydrogen) atoms. The molecule has 2 rings (SSSR count). The van der Waals surface area contributed by atoms with Crippen LogP contribution in [0.4, 0.5) is 0 Å². The quantitative estimate of drug-likeness (QED) is 0.404. The summed E-state index contributed by atoms with van der Waals surface area (Å²) < 4.78 is 0.752. The highest BCUT2D eigenvalue weighted by atomic mass is 16.5. The molecule has 1 aromatic heterocycles. The molecular formula is C9H6NO. The van der Waals surface area contributed by atoms with Gasteiger partial charge < -0.3 is 5.21 Å². The van der Waals surface area contributed by atoms with Crippen molar-refractivity contribution < 1.29 is 4.73 Å². The van der Waals surface area contributed by atoms with Crippen LogP contribution in [0.15, 0.2) is 36.7 Å². The van der Waals surface area contributed by atoms with Crippen LogP contribution >= 0.6 is 0 Å². The van der Waals surface area contributed by atoms with Gasteiger partial charge in [0.05, 0.1) is 6.07 Å². The molecule has 0 N–H and O–H groups in total. The zero-order valence-electron chi connectivity index (χ0n) is 5.82. The van der Waals surface area contributed by atoms with Gasteiger partial charge in [-0.15, -0.1) is 0 Å². The topological polar surface area (TPSA) is 26.9 Å². The van der Waals surface area contributed by atoms with Gasteiger partial charge in [0.15, 0.2) is 12.4 Å². The SMILES string of the molecule is [O-][n+]1c[c]c2ccccc2c1. The van der Waals surface area contributed by atoms with E-state index in [4.69, 9.17) is 0 Å². The van der Waals surface area contributed by atoms with Crippen molar-refractivity contribution in [3.63, 3.8) is 0 Å². The number of aromatic nitrogens is 1. The molecule has 0 saturated heterocycles. The van der Waals surface area contributed by atoms with Gasteiger partial charge in [-0.05, 0) is 6.07 Å². The molecule has 2 aromatic rings. The van der Waals surface area contributed by atoms with Crippen LogP contribution < -0.4 is 4.73 Å². The zero-order chi connectivity index (χ0) is 7.68. The first-order valence-electron chi connectivity index (χ1n) is 3.35. The first kappa shape index (κ1) is 6.16. The van der Waals surface area contributed by atoms with Gasteiger partial charge in [0.2, 0.25) is 0 Å². The Bertz CT molecular complexity index is 384. The van der Waals surface area contributed by atoms with Crippen molar-refractivity contribution in [2.24, 2.45) is 0 Å². The minimum Gasteiger partial charge on any atom is -0.619 e. The molecule has 0 bridgehead atoms. The van der Waals surface area contributed by atoms with Gasteiger partial charge in [0.25, 0.3) is 0 Å². The molecule has 0 aliphatic heterocycles. The summed E-state index contributed by atoms with van der Waals surface area (Å²) in [6, 6.07) is 10.5. The average Bonchev–Trinajstić information content (AvgIpc) is 2.04. The van der Waals surface area contributed by atoms with E-state index in [9.17, 15) is 5.21 Å². The first-order valence-corrected chi connectivity index (χ1v) is 3.35. The molecular weight excluding hydrogens is 138 g/mol. The van der Waals surface area contributed by atoms with E-state index < -0.39 is 0 Å². The lowest BCUT2D eigenvalue weighted by Crippen LogP contribution is -2.23. The van der Waals surface area contributed by atoms with Crippen molar-refractivity contribution in [1.29, 1.82) is 0 Å². The maximum Gasteiger partial charge on any atom is 0.189 e. The molecule has 1 radical (unpaired) electrons. The van der Waals surface area contributed by atoms with Gasteiger partial charge in [-0.1, -0.05) is 18.2 Å². The Kier molecular flexibility index (Phi) is 1.25. The molecule has 1 aromatic carbocycles. The summed E-state index contributed by atoms with van der Waals surface area (Å²) in [6.45, 7) is 0. The fourth-order valence-corrected chi connectivity index (χ4v) is 1.05. The highest BCUT2D eigenvalue weighted by Crippen LogP contribution is 2.08. The van der Waals surface area contributed by atoms with Gasteiger partial charge in [-0.25, -0.2) is 0 Å². The third-order valence-electron chi connectivity index (χ3n) is 1.57. The molecule has 0 atom stereocenters. The van der Waals surface area contributed by atoms with Gasteiger partial charge in [-0.2, -0.15) is 4.73 Å². The standard InChI is InChI=1S/C9H6NO/c11-10-6-5-8-3-1-2-4-9(8)7-10/h1-4,6-7H. The second-order valence-corrected chi connectivity index (χ2v) is 2.35. The lowest BCUT2D eigenvalue weighted by Gasteiger charge is -1.96. The van der Waals surface area contributed by atoms with E-state index in [1.54, 1.807) is 0 Å². The maximum absolute atomic E-state index is 10.8. The predicted molar refractivity (Wildman–Crippen MR) is 41.7 cm³/mol. The normalized spacial score (nSPS) is 10.2. The Labute approximate surface area is 64.3 Å². The van der Waals surface area contributed by atoms with Crippen LogP contribution in [0.2, 0.25) is 0 Å². The number of benzene rings is 1. The Morgan fingerprint density at radius 3 is 3.00 bits per heavy atom. The summed E-state index contributed by atoms with van der Waals surface area (Å²) >= 11 is 0. The molecule has 1 heterocycles. The second kappa shape index (κ2) is 2.23. The van der Waals surface area contributed by atoms with E-state index in [0.29, 0.717) is 0 Å². The van der Waals surface area contributed by atoms with Crippen molar-refractivity contribution in [3.05, 3.63) is 47.9 Å². The summed E-state index contributed by atoms with van der Waals surface area (Å²) in [6.07, 6.45) is 2.91. The molecule has 0 aliphatic rings. The smallest absolute Gasteiger partial charge is 0.189 e. The number of rotatable bonds is 0. The molecule has 0 fully saturated rings. The number of hydrogen-bond donors (Lipinski definition) is 0. The Balaban J connectivity index is 2.83. The summed E-state index contributed by atoms with van der Waals surface area (Å²) in [4.78, 5) is 0. The second-order valence-electron chi connectivity index (χ2n) is 2.35. The van der Waals surface area contributed by atoms with Crippen LogP contribution in [0.5, 0.6) is 0 Å². The Morgan fingerprint density at radius 1 is 1.27 bits per heavy atom. The molecule has 2 heteroatoms. The van der Waals surface area contributed by atoms with Crippen LogP contribution in [0.1, 0.15) is 0 Å². The fraction of sp³-hybridized carbons (Fsp3) is 0. The van der Waals surface area contributed by atoms with Crippen molar-refractivity contribution in [1.82, 2.24) is 0 Å². The summed E-state index contributed by atoms with van der Waals surface area (Å²) in [5, 5.41) is 12.7.